The molecule has 6 heteroatoms. The minimum absolute atomic E-state index is 0.0383. The monoisotopic (exact) mass is 182 g/mol. The SMILES string of the molecule is CC(CC(=O)O)Nc1cncnn1. The molecule has 1 unspecified atom stereocenters. The maximum Gasteiger partial charge on any atom is 0.305 e. The molecule has 2 N–H and O–H groups in total. The molecule has 0 aliphatic rings. The fourth-order valence-electron chi connectivity index (χ4n) is 0.879. The number of rotatable bonds is 4. The average molecular weight is 182 g/mol. The van der Waals surface area contributed by atoms with Gasteiger partial charge in [-0.25, -0.2) is 4.98 Å². The van der Waals surface area contributed by atoms with Crippen LogP contribution < -0.4 is 5.32 Å². The third-order valence-electron chi connectivity index (χ3n) is 1.36. The van der Waals surface area contributed by atoms with Crippen LogP contribution in [0.15, 0.2) is 12.5 Å². The molecule has 0 radical (unpaired) electrons. The largest absolute Gasteiger partial charge is 0.481 e. The number of anilines is 1. The zero-order valence-electron chi connectivity index (χ0n) is 7.14. The summed E-state index contributed by atoms with van der Waals surface area (Å²) < 4.78 is 0. The van der Waals surface area contributed by atoms with Crippen molar-refractivity contribution in [3.8, 4) is 0 Å². The molecule has 13 heavy (non-hydrogen) atoms. The second-order valence-corrected chi connectivity index (χ2v) is 2.64. The first-order valence-electron chi connectivity index (χ1n) is 3.79. The van der Waals surface area contributed by atoms with Gasteiger partial charge in [0, 0.05) is 6.04 Å². The van der Waals surface area contributed by atoms with Crippen molar-refractivity contribution in [2.24, 2.45) is 0 Å². The Balaban J connectivity index is 2.45. The van der Waals surface area contributed by atoms with Gasteiger partial charge in [-0.3, -0.25) is 4.79 Å². The number of aromatic nitrogens is 3. The van der Waals surface area contributed by atoms with Crippen molar-refractivity contribution in [1.82, 2.24) is 15.2 Å². The summed E-state index contributed by atoms with van der Waals surface area (Å²) in [6.07, 6.45) is 2.84. The maximum absolute atomic E-state index is 10.3. The highest BCUT2D eigenvalue weighted by Crippen LogP contribution is 2.01. The van der Waals surface area contributed by atoms with Crippen molar-refractivity contribution in [2.75, 3.05) is 5.32 Å². The van der Waals surface area contributed by atoms with Gasteiger partial charge < -0.3 is 10.4 Å². The van der Waals surface area contributed by atoms with Crippen molar-refractivity contribution < 1.29 is 9.90 Å². The number of hydrogen-bond acceptors (Lipinski definition) is 5. The molecule has 0 aliphatic heterocycles. The second kappa shape index (κ2) is 4.34. The third kappa shape index (κ3) is 3.46. The van der Waals surface area contributed by atoms with Gasteiger partial charge in [-0.1, -0.05) is 0 Å². The molecule has 0 spiro atoms. The van der Waals surface area contributed by atoms with E-state index >= 15 is 0 Å². The summed E-state index contributed by atoms with van der Waals surface area (Å²) in [5.74, 6) is -0.368. The summed E-state index contributed by atoms with van der Waals surface area (Å²) in [6.45, 7) is 1.75. The molecule has 1 aromatic rings. The maximum atomic E-state index is 10.3. The third-order valence-corrected chi connectivity index (χ3v) is 1.36. The molecular formula is C7H10N4O2. The molecule has 0 aromatic carbocycles. The lowest BCUT2D eigenvalue weighted by Gasteiger charge is -2.10. The van der Waals surface area contributed by atoms with E-state index in [0.717, 1.165) is 0 Å². The first-order chi connectivity index (χ1) is 6.18. The van der Waals surface area contributed by atoms with Crippen LogP contribution in [0.2, 0.25) is 0 Å². The molecule has 0 fully saturated rings. The highest BCUT2D eigenvalue weighted by atomic mass is 16.4. The summed E-state index contributed by atoms with van der Waals surface area (Å²) in [6, 6.07) is -0.184. The number of nitrogens with one attached hydrogen (secondary N) is 1. The quantitative estimate of drug-likeness (QED) is 0.688. The summed E-state index contributed by atoms with van der Waals surface area (Å²) >= 11 is 0. The van der Waals surface area contributed by atoms with E-state index in [-0.39, 0.29) is 12.5 Å². The van der Waals surface area contributed by atoms with Gasteiger partial charge >= 0.3 is 5.97 Å². The minimum atomic E-state index is -0.850. The number of nitrogens with zero attached hydrogens (tertiary/aromatic N) is 3. The van der Waals surface area contributed by atoms with Gasteiger partial charge in [0.05, 0.1) is 12.6 Å². The van der Waals surface area contributed by atoms with E-state index in [1.54, 1.807) is 6.92 Å². The lowest BCUT2D eigenvalue weighted by molar-refractivity contribution is -0.137. The normalized spacial score (nSPS) is 12.1. The molecule has 1 aromatic heterocycles. The Morgan fingerprint density at radius 2 is 2.54 bits per heavy atom. The Morgan fingerprint density at radius 3 is 3.08 bits per heavy atom. The fraction of sp³-hybridized carbons (Fsp3) is 0.429. The molecule has 1 heterocycles. The Kier molecular flexibility index (Phi) is 3.13. The Labute approximate surface area is 75.0 Å². The predicted molar refractivity (Wildman–Crippen MR) is 45.2 cm³/mol. The minimum Gasteiger partial charge on any atom is -0.481 e. The van der Waals surface area contributed by atoms with Crippen molar-refractivity contribution in [3.63, 3.8) is 0 Å². The molecule has 0 amide bonds. The van der Waals surface area contributed by atoms with Gasteiger partial charge in [0.2, 0.25) is 0 Å². The van der Waals surface area contributed by atoms with E-state index in [1.165, 1.54) is 12.5 Å². The van der Waals surface area contributed by atoms with E-state index in [1.807, 2.05) is 0 Å². The van der Waals surface area contributed by atoms with E-state index < -0.39 is 5.97 Å². The summed E-state index contributed by atoms with van der Waals surface area (Å²) in [7, 11) is 0. The summed E-state index contributed by atoms with van der Waals surface area (Å²) in [4.78, 5) is 14.0. The smallest absolute Gasteiger partial charge is 0.305 e. The van der Waals surface area contributed by atoms with Crippen LogP contribution in [0.3, 0.4) is 0 Å². The molecule has 0 bridgehead atoms. The molecule has 0 saturated heterocycles. The molecule has 6 nitrogen and oxygen atoms in total. The molecule has 1 atom stereocenters. The van der Waals surface area contributed by atoms with E-state index in [4.69, 9.17) is 5.11 Å². The lowest BCUT2D eigenvalue weighted by atomic mass is 10.2. The van der Waals surface area contributed by atoms with Gasteiger partial charge in [0.1, 0.15) is 6.33 Å². The van der Waals surface area contributed by atoms with Crippen molar-refractivity contribution in [2.45, 2.75) is 19.4 Å². The topological polar surface area (TPSA) is 88.0 Å². The first-order valence-corrected chi connectivity index (χ1v) is 3.79. The average Bonchev–Trinajstić information content (AvgIpc) is 2.04. The van der Waals surface area contributed by atoms with Gasteiger partial charge in [0.15, 0.2) is 5.82 Å². The molecule has 70 valence electrons. The van der Waals surface area contributed by atoms with Crippen molar-refractivity contribution in [1.29, 1.82) is 0 Å². The Bertz CT molecular complexity index is 277. The fourth-order valence-corrected chi connectivity index (χ4v) is 0.879. The van der Waals surface area contributed by atoms with Crippen LogP contribution in [0.5, 0.6) is 0 Å². The van der Waals surface area contributed by atoms with E-state index in [9.17, 15) is 4.79 Å². The number of hydrogen-bond donors (Lipinski definition) is 2. The number of carboxylic acid groups (broad SMARTS) is 1. The number of carbonyl (C=O) groups is 1. The summed E-state index contributed by atoms with van der Waals surface area (Å²) in [5.41, 5.74) is 0. The second-order valence-electron chi connectivity index (χ2n) is 2.64. The van der Waals surface area contributed by atoms with Crippen molar-refractivity contribution in [3.05, 3.63) is 12.5 Å². The van der Waals surface area contributed by atoms with Crippen molar-refractivity contribution >= 4 is 11.8 Å². The standard InChI is InChI=1S/C7H10N4O2/c1-5(2-7(12)13)10-6-3-8-4-9-11-6/h3-5H,2H2,1H3,(H,10,11)(H,12,13). The van der Waals surface area contributed by atoms with Gasteiger partial charge in [0.25, 0.3) is 0 Å². The zero-order valence-corrected chi connectivity index (χ0v) is 7.14. The van der Waals surface area contributed by atoms with E-state index in [2.05, 4.69) is 20.5 Å². The van der Waals surface area contributed by atoms with Crippen LogP contribution in [-0.2, 0) is 4.79 Å². The van der Waals surface area contributed by atoms with Gasteiger partial charge in [-0.2, -0.15) is 0 Å². The van der Waals surface area contributed by atoms with E-state index in [0.29, 0.717) is 5.82 Å². The van der Waals surface area contributed by atoms with Crippen LogP contribution in [0.4, 0.5) is 5.82 Å². The zero-order chi connectivity index (χ0) is 9.68. The van der Waals surface area contributed by atoms with Gasteiger partial charge in [-0.05, 0) is 6.92 Å². The van der Waals surface area contributed by atoms with Crippen LogP contribution in [0.1, 0.15) is 13.3 Å². The highest BCUT2D eigenvalue weighted by molar-refractivity contribution is 5.68. The van der Waals surface area contributed by atoms with Crippen LogP contribution in [0, 0.1) is 0 Å². The lowest BCUT2D eigenvalue weighted by Crippen LogP contribution is -2.20. The Morgan fingerprint density at radius 1 is 1.77 bits per heavy atom. The molecule has 0 saturated carbocycles. The van der Waals surface area contributed by atoms with Gasteiger partial charge in [-0.15, -0.1) is 10.2 Å². The molecule has 1 rings (SSSR count). The van der Waals surface area contributed by atoms with Crippen LogP contribution >= 0.6 is 0 Å². The number of aliphatic carboxylic acids is 1. The molecule has 0 aliphatic carbocycles. The van der Waals surface area contributed by atoms with Crippen LogP contribution in [-0.4, -0.2) is 32.3 Å². The first kappa shape index (κ1) is 9.37. The predicted octanol–water partition coefficient (Wildman–Crippen LogP) is 0.147. The number of carboxylic acids is 1. The van der Waals surface area contributed by atoms with Crippen LogP contribution in [0.25, 0.3) is 0 Å². The Hall–Kier alpha value is -1.72. The highest BCUT2D eigenvalue weighted by Gasteiger charge is 2.07. The summed E-state index contributed by atoms with van der Waals surface area (Å²) in [5, 5.41) is 18.6. The molecular weight excluding hydrogens is 172 g/mol.